The molecule has 0 heterocycles. The number of amides is 1. The van der Waals surface area contributed by atoms with Crippen molar-refractivity contribution in [3.8, 4) is 0 Å². The minimum absolute atomic E-state index is 0. The van der Waals surface area contributed by atoms with Crippen LogP contribution in [0.2, 0.25) is 0 Å². The van der Waals surface area contributed by atoms with E-state index in [1.807, 2.05) is 0 Å². The molecule has 1 aromatic carbocycles. The average molecular weight is 315 g/mol. The molecule has 21 heavy (non-hydrogen) atoms. The summed E-state index contributed by atoms with van der Waals surface area (Å²) in [6.07, 6.45) is 2.19. The van der Waals surface area contributed by atoms with Gasteiger partial charge in [-0.05, 0) is 24.8 Å². The van der Waals surface area contributed by atoms with Gasteiger partial charge in [0.1, 0.15) is 5.69 Å². The van der Waals surface area contributed by atoms with E-state index in [-0.39, 0.29) is 36.6 Å². The first-order chi connectivity index (χ1) is 9.61. The summed E-state index contributed by atoms with van der Waals surface area (Å²) in [5.41, 5.74) is 5.90. The van der Waals surface area contributed by atoms with E-state index in [0.29, 0.717) is 18.2 Å². The zero-order chi connectivity index (χ0) is 14.5. The Labute approximate surface area is 128 Å². The summed E-state index contributed by atoms with van der Waals surface area (Å²) in [6.45, 7) is 0.413. The SMILES string of the molecule is Cl.NCC(NC(=O)CNc1ccccc1[N+](=O)[O-])C1CC1. The zero-order valence-electron chi connectivity index (χ0n) is 11.5. The lowest BCUT2D eigenvalue weighted by Gasteiger charge is -2.16. The van der Waals surface area contributed by atoms with Crippen LogP contribution in [0.4, 0.5) is 11.4 Å². The van der Waals surface area contributed by atoms with Crippen LogP contribution in [-0.4, -0.2) is 30.0 Å². The number of nitro groups is 1. The van der Waals surface area contributed by atoms with Gasteiger partial charge < -0.3 is 16.4 Å². The largest absolute Gasteiger partial charge is 0.371 e. The number of hydrogen-bond donors (Lipinski definition) is 3. The van der Waals surface area contributed by atoms with E-state index in [1.54, 1.807) is 18.2 Å². The zero-order valence-corrected chi connectivity index (χ0v) is 12.3. The van der Waals surface area contributed by atoms with Gasteiger partial charge in [-0.3, -0.25) is 14.9 Å². The Morgan fingerprint density at radius 1 is 1.43 bits per heavy atom. The highest BCUT2D eigenvalue weighted by atomic mass is 35.5. The molecule has 0 aliphatic heterocycles. The van der Waals surface area contributed by atoms with Crippen LogP contribution >= 0.6 is 12.4 Å². The third-order valence-corrected chi connectivity index (χ3v) is 3.33. The normalized spacial score (nSPS) is 14.7. The van der Waals surface area contributed by atoms with Crippen molar-refractivity contribution in [1.29, 1.82) is 0 Å². The van der Waals surface area contributed by atoms with Crippen molar-refractivity contribution in [2.45, 2.75) is 18.9 Å². The summed E-state index contributed by atoms with van der Waals surface area (Å²) >= 11 is 0. The molecule has 1 saturated carbocycles. The number of nitrogens with two attached hydrogens (primary N) is 1. The number of anilines is 1. The van der Waals surface area contributed by atoms with Crippen molar-refractivity contribution in [3.63, 3.8) is 0 Å². The number of carbonyl (C=O) groups excluding carboxylic acids is 1. The second kappa shape index (κ2) is 7.80. The van der Waals surface area contributed by atoms with Crippen LogP contribution in [0.5, 0.6) is 0 Å². The van der Waals surface area contributed by atoms with Crippen LogP contribution in [0.25, 0.3) is 0 Å². The molecule has 0 saturated heterocycles. The number of hydrogen-bond acceptors (Lipinski definition) is 5. The fraction of sp³-hybridized carbons (Fsp3) is 0.462. The van der Waals surface area contributed by atoms with Crippen LogP contribution in [0, 0.1) is 16.0 Å². The summed E-state index contributed by atoms with van der Waals surface area (Å²) < 4.78 is 0. The van der Waals surface area contributed by atoms with Gasteiger partial charge in [0, 0.05) is 18.7 Å². The Hall–Kier alpha value is -1.86. The van der Waals surface area contributed by atoms with Gasteiger partial charge in [0.05, 0.1) is 11.5 Å². The molecule has 116 valence electrons. The van der Waals surface area contributed by atoms with E-state index < -0.39 is 4.92 Å². The predicted molar refractivity (Wildman–Crippen MR) is 82.5 cm³/mol. The van der Waals surface area contributed by atoms with Gasteiger partial charge in [-0.15, -0.1) is 12.4 Å². The minimum Gasteiger partial charge on any atom is -0.371 e. The number of para-hydroxylation sites is 2. The Morgan fingerprint density at radius 3 is 2.67 bits per heavy atom. The van der Waals surface area contributed by atoms with E-state index in [9.17, 15) is 14.9 Å². The minimum atomic E-state index is -0.479. The van der Waals surface area contributed by atoms with Crippen molar-refractivity contribution in [1.82, 2.24) is 5.32 Å². The fourth-order valence-electron chi connectivity index (χ4n) is 2.08. The number of carbonyl (C=O) groups is 1. The van der Waals surface area contributed by atoms with Gasteiger partial charge >= 0.3 is 0 Å². The average Bonchev–Trinajstić information content (AvgIpc) is 3.27. The van der Waals surface area contributed by atoms with Crippen molar-refractivity contribution in [2.24, 2.45) is 11.7 Å². The third kappa shape index (κ3) is 4.87. The van der Waals surface area contributed by atoms with E-state index in [4.69, 9.17) is 5.73 Å². The molecule has 7 nitrogen and oxygen atoms in total. The Morgan fingerprint density at radius 2 is 2.10 bits per heavy atom. The smallest absolute Gasteiger partial charge is 0.292 e. The Bertz CT molecular complexity index is 508. The molecule has 1 atom stereocenters. The number of halogens is 1. The van der Waals surface area contributed by atoms with Crippen molar-refractivity contribution in [2.75, 3.05) is 18.4 Å². The van der Waals surface area contributed by atoms with Crippen molar-refractivity contribution >= 4 is 29.7 Å². The lowest BCUT2D eigenvalue weighted by molar-refractivity contribution is -0.383. The molecule has 1 aliphatic carbocycles. The molecule has 1 fully saturated rings. The second-order valence-electron chi connectivity index (χ2n) is 4.87. The monoisotopic (exact) mass is 314 g/mol. The molecule has 0 bridgehead atoms. The first-order valence-corrected chi connectivity index (χ1v) is 6.58. The standard InChI is InChI=1S/C13H18N4O3.ClH/c14-7-11(9-5-6-9)16-13(18)8-15-10-3-1-2-4-12(10)17(19)20;/h1-4,9,11,15H,5-8,14H2,(H,16,18);1H. The second-order valence-corrected chi connectivity index (χ2v) is 4.87. The van der Waals surface area contributed by atoms with E-state index in [2.05, 4.69) is 10.6 Å². The summed E-state index contributed by atoms with van der Waals surface area (Å²) in [5, 5.41) is 16.5. The maximum atomic E-state index is 11.8. The summed E-state index contributed by atoms with van der Waals surface area (Å²) in [4.78, 5) is 22.2. The third-order valence-electron chi connectivity index (χ3n) is 3.33. The Kier molecular flexibility index (Phi) is 6.39. The molecular weight excluding hydrogens is 296 g/mol. The highest BCUT2D eigenvalue weighted by Gasteiger charge is 2.31. The van der Waals surface area contributed by atoms with Gasteiger partial charge in [0.2, 0.25) is 5.91 Å². The lowest BCUT2D eigenvalue weighted by Crippen LogP contribution is -2.44. The first-order valence-electron chi connectivity index (χ1n) is 6.58. The van der Waals surface area contributed by atoms with Crippen LogP contribution < -0.4 is 16.4 Å². The number of nitrogens with one attached hydrogen (secondary N) is 2. The highest BCUT2D eigenvalue weighted by Crippen LogP contribution is 2.32. The van der Waals surface area contributed by atoms with E-state index in [0.717, 1.165) is 12.8 Å². The van der Waals surface area contributed by atoms with Gasteiger partial charge in [0.15, 0.2) is 0 Å². The van der Waals surface area contributed by atoms with Crippen LogP contribution in [0.3, 0.4) is 0 Å². The van der Waals surface area contributed by atoms with Gasteiger partial charge in [-0.25, -0.2) is 0 Å². The molecule has 4 N–H and O–H groups in total. The van der Waals surface area contributed by atoms with Gasteiger partial charge in [0.25, 0.3) is 5.69 Å². The molecule has 8 heteroatoms. The van der Waals surface area contributed by atoms with Crippen LogP contribution in [-0.2, 0) is 4.79 Å². The number of rotatable bonds is 7. The maximum absolute atomic E-state index is 11.8. The van der Waals surface area contributed by atoms with Crippen molar-refractivity contribution < 1.29 is 9.72 Å². The molecule has 0 aromatic heterocycles. The van der Waals surface area contributed by atoms with E-state index in [1.165, 1.54) is 6.07 Å². The van der Waals surface area contributed by atoms with Crippen LogP contribution in [0.1, 0.15) is 12.8 Å². The molecule has 0 spiro atoms. The van der Waals surface area contributed by atoms with Crippen LogP contribution in [0.15, 0.2) is 24.3 Å². The lowest BCUT2D eigenvalue weighted by atomic mass is 10.2. The van der Waals surface area contributed by atoms with E-state index >= 15 is 0 Å². The molecular formula is C13H19ClN4O3. The molecule has 2 rings (SSSR count). The number of nitro benzene ring substituents is 1. The van der Waals surface area contributed by atoms with Crippen molar-refractivity contribution in [3.05, 3.63) is 34.4 Å². The summed E-state index contributed by atoms with van der Waals surface area (Å²) in [5.74, 6) is 0.278. The number of nitrogens with zero attached hydrogens (tertiary/aromatic N) is 1. The molecule has 0 radical (unpaired) electrons. The maximum Gasteiger partial charge on any atom is 0.292 e. The Balaban J connectivity index is 0.00000220. The predicted octanol–water partition coefficient (Wildman–Crippen LogP) is 1.28. The first kappa shape index (κ1) is 17.2. The number of benzene rings is 1. The van der Waals surface area contributed by atoms with Gasteiger partial charge in [-0.1, -0.05) is 12.1 Å². The molecule has 1 unspecified atom stereocenters. The van der Waals surface area contributed by atoms with Gasteiger partial charge in [-0.2, -0.15) is 0 Å². The highest BCUT2D eigenvalue weighted by molar-refractivity contribution is 5.85. The molecule has 1 aliphatic rings. The summed E-state index contributed by atoms with van der Waals surface area (Å²) in [6, 6.07) is 6.25. The quantitative estimate of drug-likeness (QED) is 0.518. The topological polar surface area (TPSA) is 110 Å². The fourth-order valence-corrected chi connectivity index (χ4v) is 2.08. The molecule has 1 aromatic rings. The molecule has 1 amide bonds. The summed E-state index contributed by atoms with van der Waals surface area (Å²) in [7, 11) is 0.